The van der Waals surface area contributed by atoms with Crippen LogP contribution in [0.4, 0.5) is 0 Å². The normalized spacial score (nSPS) is 13.9. The first kappa shape index (κ1) is 50.4. The molecule has 1 saturated heterocycles. The molecule has 0 radical (unpaired) electrons. The predicted octanol–water partition coefficient (Wildman–Crippen LogP) is 16.3. The fourth-order valence-electron chi connectivity index (χ4n) is 9.25. The van der Waals surface area contributed by atoms with Crippen molar-refractivity contribution in [1.29, 1.82) is 0 Å². The summed E-state index contributed by atoms with van der Waals surface area (Å²) in [6.45, 7) is 12.2. The number of likely N-dealkylation sites (tertiary alicyclic amines) is 1. The smallest absolute Gasteiger partial charge is 0.234 e. The summed E-state index contributed by atoms with van der Waals surface area (Å²) in [5.74, 6) is 2.28. The van der Waals surface area contributed by atoms with E-state index in [9.17, 15) is 4.79 Å². The molecule has 1 N–H and O–H groups in total. The van der Waals surface area contributed by atoms with Crippen molar-refractivity contribution in [3.05, 3.63) is 0 Å². The third-order valence-corrected chi connectivity index (χ3v) is 12.9. The molecule has 3 nitrogen and oxygen atoms in total. The van der Waals surface area contributed by atoms with Gasteiger partial charge in [0.2, 0.25) is 5.91 Å². The molecule has 1 fully saturated rings. The minimum Gasteiger partial charge on any atom is -0.352 e. The Balaban J connectivity index is 2.24. The highest BCUT2D eigenvalue weighted by Gasteiger charge is 2.17. The number of hydrogen-bond donors (Lipinski definition) is 1. The van der Waals surface area contributed by atoms with Gasteiger partial charge in [-0.25, -0.2) is 0 Å². The molecular formula is C50H100N2O. The van der Waals surface area contributed by atoms with Crippen LogP contribution in [0.15, 0.2) is 0 Å². The molecule has 1 aliphatic heterocycles. The van der Waals surface area contributed by atoms with Crippen molar-refractivity contribution in [2.24, 2.45) is 11.8 Å². The lowest BCUT2D eigenvalue weighted by Crippen LogP contribution is -2.43. The van der Waals surface area contributed by atoms with E-state index in [-0.39, 0.29) is 5.91 Å². The first-order valence-electron chi connectivity index (χ1n) is 25.1. The van der Waals surface area contributed by atoms with Gasteiger partial charge in [0.25, 0.3) is 0 Å². The Labute approximate surface area is 335 Å². The molecule has 53 heavy (non-hydrogen) atoms. The molecule has 316 valence electrons. The fourth-order valence-corrected chi connectivity index (χ4v) is 9.25. The Morgan fingerprint density at radius 2 is 0.679 bits per heavy atom. The summed E-state index contributed by atoms with van der Waals surface area (Å²) in [7, 11) is 0. The Morgan fingerprint density at radius 1 is 0.396 bits per heavy atom. The lowest BCUT2D eigenvalue weighted by molar-refractivity contribution is -0.123. The van der Waals surface area contributed by atoms with Gasteiger partial charge < -0.3 is 5.32 Å². The molecule has 1 amide bonds. The number of carbonyl (C=O) groups is 1. The van der Waals surface area contributed by atoms with Crippen molar-refractivity contribution >= 4 is 5.91 Å². The molecule has 1 aliphatic rings. The highest BCUT2D eigenvalue weighted by atomic mass is 16.2. The van der Waals surface area contributed by atoms with Crippen LogP contribution in [0.3, 0.4) is 0 Å². The number of nitrogens with one attached hydrogen (secondary N) is 1. The average Bonchev–Trinajstić information content (AvgIpc) is 3.16. The van der Waals surface area contributed by atoms with Crippen LogP contribution in [0.2, 0.25) is 0 Å². The summed E-state index contributed by atoms with van der Waals surface area (Å²) < 4.78 is 0. The van der Waals surface area contributed by atoms with Gasteiger partial charge in [0.1, 0.15) is 0 Å². The zero-order valence-electron chi connectivity index (χ0n) is 37.3. The lowest BCUT2D eigenvalue weighted by atomic mass is 9.90. The predicted molar refractivity (Wildman–Crippen MR) is 238 cm³/mol. The number of hydrogen-bond acceptors (Lipinski definition) is 2. The molecule has 0 spiro atoms. The molecule has 1 heterocycles. The monoisotopic (exact) mass is 745 g/mol. The van der Waals surface area contributed by atoms with Crippen LogP contribution in [0.5, 0.6) is 0 Å². The maximum Gasteiger partial charge on any atom is 0.234 e. The SMILES string of the molecule is CCCCCC(CCCCC)CCCCCCCCCCC(CCCCCCCCCCC(CCCCC)CCCCC)NC(=O)CN1CCCCC1. The molecule has 1 rings (SSSR count). The van der Waals surface area contributed by atoms with Crippen LogP contribution in [-0.4, -0.2) is 36.5 Å². The topological polar surface area (TPSA) is 32.3 Å². The minimum atomic E-state index is 0.285. The number of unbranched alkanes of at least 4 members (excludes halogenated alkanes) is 22. The maximum absolute atomic E-state index is 13.0. The van der Waals surface area contributed by atoms with Crippen molar-refractivity contribution in [2.75, 3.05) is 19.6 Å². The number of nitrogens with zero attached hydrogens (tertiary/aromatic N) is 1. The average molecular weight is 745 g/mol. The summed E-state index contributed by atoms with van der Waals surface area (Å²) >= 11 is 0. The van der Waals surface area contributed by atoms with E-state index in [1.165, 1.54) is 250 Å². The van der Waals surface area contributed by atoms with Gasteiger partial charge in [0.15, 0.2) is 0 Å². The zero-order chi connectivity index (χ0) is 38.3. The standard InChI is InChI=1S/C50H100N2O/c1-5-9-26-36-47(37-27-10-6-2)40-30-21-17-13-15-19-23-32-42-49(51-50(53)46-52-44-34-25-35-45-52)43-33-24-20-16-14-18-22-31-41-48(38-28-11-7-3)39-29-12-8-4/h47-49H,5-46H2,1-4H3,(H,51,53). The van der Waals surface area contributed by atoms with E-state index >= 15 is 0 Å². The van der Waals surface area contributed by atoms with Gasteiger partial charge in [-0.3, -0.25) is 9.69 Å². The molecular weight excluding hydrogens is 645 g/mol. The molecule has 0 bridgehead atoms. The van der Waals surface area contributed by atoms with Gasteiger partial charge in [0.05, 0.1) is 6.54 Å². The van der Waals surface area contributed by atoms with Gasteiger partial charge >= 0.3 is 0 Å². The summed E-state index contributed by atoms with van der Waals surface area (Å²) in [4.78, 5) is 15.4. The van der Waals surface area contributed by atoms with Gasteiger partial charge in [-0.2, -0.15) is 0 Å². The first-order valence-corrected chi connectivity index (χ1v) is 25.1. The zero-order valence-corrected chi connectivity index (χ0v) is 37.3. The summed E-state index contributed by atoms with van der Waals surface area (Å²) in [6.07, 6.45) is 54.4. The van der Waals surface area contributed by atoms with Gasteiger partial charge in [-0.05, 0) is 50.6 Å². The maximum atomic E-state index is 13.0. The molecule has 0 atom stereocenters. The minimum absolute atomic E-state index is 0.285. The van der Waals surface area contributed by atoms with E-state index in [1.54, 1.807) is 0 Å². The number of amides is 1. The van der Waals surface area contributed by atoms with Crippen molar-refractivity contribution in [1.82, 2.24) is 10.2 Å². The second-order valence-corrected chi connectivity index (χ2v) is 18.1. The second-order valence-electron chi connectivity index (χ2n) is 18.1. The van der Waals surface area contributed by atoms with Crippen molar-refractivity contribution in [3.8, 4) is 0 Å². The largest absolute Gasteiger partial charge is 0.352 e. The molecule has 0 aromatic carbocycles. The molecule has 0 aliphatic carbocycles. The molecule has 3 heteroatoms. The highest BCUT2D eigenvalue weighted by Crippen LogP contribution is 2.25. The number of rotatable bonds is 41. The van der Waals surface area contributed by atoms with Gasteiger partial charge in [-0.1, -0.05) is 252 Å². The number of carbonyl (C=O) groups excluding carboxylic acids is 1. The Bertz CT molecular complexity index is 669. The Kier molecular flexibility index (Phi) is 37.7. The Hall–Kier alpha value is -0.570. The lowest BCUT2D eigenvalue weighted by Gasteiger charge is -2.27. The molecule has 0 aromatic heterocycles. The molecule has 0 unspecified atom stereocenters. The first-order chi connectivity index (χ1) is 26.1. The third-order valence-electron chi connectivity index (χ3n) is 12.9. The quantitative estimate of drug-likeness (QED) is 0.0632. The van der Waals surface area contributed by atoms with Crippen LogP contribution in [-0.2, 0) is 4.79 Å². The van der Waals surface area contributed by atoms with Gasteiger partial charge in [-0.15, -0.1) is 0 Å². The van der Waals surface area contributed by atoms with Crippen LogP contribution in [0, 0.1) is 11.8 Å². The van der Waals surface area contributed by atoms with E-state index in [0.29, 0.717) is 12.6 Å². The van der Waals surface area contributed by atoms with Crippen LogP contribution in [0.1, 0.15) is 278 Å². The van der Waals surface area contributed by atoms with Crippen LogP contribution >= 0.6 is 0 Å². The highest BCUT2D eigenvalue weighted by molar-refractivity contribution is 5.78. The summed E-state index contributed by atoms with van der Waals surface area (Å²) in [5, 5.41) is 3.52. The fraction of sp³-hybridized carbons (Fsp3) is 0.980. The second kappa shape index (κ2) is 39.7. The molecule has 0 saturated carbocycles. The Morgan fingerprint density at radius 3 is 1.00 bits per heavy atom. The molecule has 0 aromatic rings. The number of piperidine rings is 1. The van der Waals surface area contributed by atoms with Crippen molar-refractivity contribution in [3.63, 3.8) is 0 Å². The van der Waals surface area contributed by atoms with Crippen molar-refractivity contribution in [2.45, 2.75) is 284 Å². The van der Waals surface area contributed by atoms with Crippen molar-refractivity contribution < 1.29 is 4.79 Å². The van der Waals surface area contributed by atoms with E-state index in [4.69, 9.17) is 0 Å². The summed E-state index contributed by atoms with van der Waals surface area (Å²) in [5.41, 5.74) is 0. The van der Waals surface area contributed by atoms with Crippen LogP contribution < -0.4 is 5.32 Å². The van der Waals surface area contributed by atoms with Gasteiger partial charge in [0, 0.05) is 6.04 Å². The summed E-state index contributed by atoms with van der Waals surface area (Å²) in [6, 6.07) is 0.387. The van der Waals surface area contributed by atoms with E-state index < -0.39 is 0 Å². The van der Waals surface area contributed by atoms with E-state index in [0.717, 1.165) is 24.9 Å². The van der Waals surface area contributed by atoms with E-state index in [2.05, 4.69) is 37.9 Å². The third kappa shape index (κ3) is 33.3. The van der Waals surface area contributed by atoms with E-state index in [1.807, 2.05) is 0 Å². The van der Waals surface area contributed by atoms with Crippen LogP contribution in [0.25, 0.3) is 0 Å².